The van der Waals surface area contributed by atoms with E-state index in [1.54, 1.807) is 0 Å². The van der Waals surface area contributed by atoms with Gasteiger partial charge in [0.05, 0.1) is 24.8 Å². The van der Waals surface area contributed by atoms with E-state index in [0.29, 0.717) is 24.8 Å². The molecule has 0 aromatic heterocycles. The van der Waals surface area contributed by atoms with Crippen molar-refractivity contribution in [1.29, 1.82) is 0 Å². The molecule has 0 radical (unpaired) electrons. The van der Waals surface area contributed by atoms with E-state index in [1.807, 2.05) is 0 Å². The molecular weight excluding hydrogens is 298 g/mol. The molecule has 2 aliphatic heterocycles. The maximum atomic E-state index is 5.93. The first-order valence-corrected chi connectivity index (χ1v) is 9.00. The highest BCUT2D eigenvalue weighted by molar-refractivity contribution is 5.83. The zero-order valence-corrected chi connectivity index (χ0v) is 14.2. The van der Waals surface area contributed by atoms with E-state index in [0.717, 1.165) is 18.9 Å². The second-order valence-corrected chi connectivity index (χ2v) is 6.74. The summed E-state index contributed by atoms with van der Waals surface area (Å²) in [6.45, 7) is 3.65. The van der Waals surface area contributed by atoms with Crippen molar-refractivity contribution in [2.45, 2.75) is 51.0 Å². The summed E-state index contributed by atoms with van der Waals surface area (Å²) in [6, 6.07) is 15.4. The lowest BCUT2D eigenvalue weighted by Gasteiger charge is -2.22. The highest BCUT2D eigenvalue weighted by Gasteiger charge is 2.41. The Kier molecular flexibility index (Phi) is 4.39. The summed E-state index contributed by atoms with van der Waals surface area (Å²) in [5.74, 6) is 0.895. The van der Waals surface area contributed by atoms with E-state index in [9.17, 15) is 0 Å². The number of guanidine groups is 1. The van der Waals surface area contributed by atoms with Gasteiger partial charge in [0.2, 0.25) is 0 Å². The molecule has 4 rings (SSSR count). The Morgan fingerprint density at radius 1 is 1.17 bits per heavy atom. The monoisotopic (exact) mass is 323 g/mol. The molecule has 2 aromatic rings. The molecule has 0 aliphatic carbocycles. The van der Waals surface area contributed by atoms with E-state index in [4.69, 9.17) is 9.73 Å². The number of hydrogen-bond acceptors (Lipinski definition) is 2. The van der Waals surface area contributed by atoms with Crippen molar-refractivity contribution in [1.82, 2.24) is 10.6 Å². The fourth-order valence-electron chi connectivity index (χ4n) is 3.79. The maximum absolute atomic E-state index is 5.93. The van der Waals surface area contributed by atoms with Crippen LogP contribution in [0.1, 0.15) is 31.7 Å². The molecule has 0 amide bonds. The van der Waals surface area contributed by atoms with E-state index >= 15 is 0 Å². The van der Waals surface area contributed by atoms with Gasteiger partial charge in [0.25, 0.3) is 0 Å². The van der Waals surface area contributed by atoms with E-state index in [-0.39, 0.29) is 0 Å². The summed E-state index contributed by atoms with van der Waals surface area (Å²) < 4.78 is 5.93. The van der Waals surface area contributed by atoms with Crippen molar-refractivity contribution >= 4 is 16.7 Å². The Bertz CT molecular complexity index is 742. The highest BCUT2D eigenvalue weighted by Crippen LogP contribution is 2.34. The van der Waals surface area contributed by atoms with Gasteiger partial charge in [-0.3, -0.25) is 0 Å². The molecule has 2 saturated heterocycles. The summed E-state index contributed by atoms with van der Waals surface area (Å²) >= 11 is 0. The van der Waals surface area contributed by atoms with Crippen LogP contribution in [0.25, 0.3) is 10.8 Å². The standard InChI is InChI=1S/C20H25N3O/c1-2-21-20(23-18-12-17-9-10-19(18)24-17)22-13-14-7-8-15-5-3-4-6-16(15)11-14/h3-8,11,17-19H,2,9-10,12-13H2,1H3,(H2,21,22,23). The van der Waals surface area contributed by atoms with Crippen molar-refractivity contribution < 1.29 is 4.74 Å². The molecule has 126 valence electrons. The minimum absolute atomic E-state index is 0.361. The summed E-state index contributed by atoms with van der Waals surface area (Å²) in [7, 11) is 0. The third kappa shape index (κ3) is 3.24. The first-order chi connectivity index (χ1) is 11.8. The van der Waals surface area contributed by atoms with Crippen molar-refractivity contribution in [3.63, 3.8) is 0 Å². The predicted molar refractivity (Wildman–Crippen MR) is 98.2 cm³/mol. The van der Waals surface area contributed by atoms with Crippen LogP contribution in [0.5, 0.6) is 0 Å². The van der Waals surface area contributed by atoms with Crippen LogP contribution < -0.4 is 10.6 Å². The van der Waals surface area contributed by atoms with Crippen LogP contribution in [0.3, 0.4) is 0 Å². The van der Waals surface area contributed by atoms with Gasteiger partial charge in [-0.1, -0.05) is 36.4 Å². The van der Waals surface area contributed by atoms with Gasteiger partial charge in [-0.25, -0.2) is 4.99 Å². The van der Waals surface area contributed by atoms with Crippen LogP contribution in [0, 0.1) is 0 Å². The van der Waals surface area contributed by atoms with Crippen molar-refractivity contribution in [3.05, 3.63) is 48.0 Å². The fraction of sp³-hybridized carbons (Fsp3) is 0.450. The summed E-state index contributed by atoms with van der Waals surface area (Å²) in [5.41, 5.74) is 1.23. The van der Waals surface area contributed by atoms with Crippen LogP contribution in [-0.4, -0.2) is 30.8 Å². The molecule has 2 heterocycles. The third-order valence-corrected chi connectivity index (χ3v) is 5.01. The van der Waals surface area contributed by atoms with Gasteiger partial charge in [0.1, 0.15) is 0 Å². The maximum Gasteiger partial charge on any atom is 0.191 e. The first-order valence-electron chi connectivity index (χ1n) is 9.00. The molecule has 24 heavy (non-hydrogen) atoms. The lowest BCUT2D eigenvalue weighted by Crippen LogP contribution is -2.47. The number of aliphatic imine (C=N–C) groups is 1. The molecule has 2 aliphatic rings. The summed E-state index contributed by atoms with van der Waals surface area (Å²) in [6.07, 6.45) is 4.31. The Morgan fingerprint density at radius 3 is 2.79 bits per heavy atom. The van der Waals surface area contributed by atoms with E-state index < -0.39 is 0 Å². The molecule has 2 aromatic carbocycles. The molecule has 0 saturated carbocycles. The van der Waals surface area contributed by atoms with Gasteiger partial charge in [-0.05, 0) is 48.6 Å². The molecular formula is C20H25N3O. The van der Waals surface area contributed by atoms with Crippen molar-refractivity contribution in [2.24, 2.45) is 4.99 Å². The number of nitrogens with zero attached hydrogens (tertiary/aromatic N) is 1. The van der Waals surface area contributed by atoms with Gasteiger partial charge in [0, 0.05) is 6.54 Å². The van der Waals surface area contributed by atoms with Gasteiger partial charge in [-0.15, -0.1) is 0 Å². The average Bonchev–Trinajstić information content (AvgIpc) is 3.23. The van der Waals surface area contributed by atoms with Gasteiger partial charge >= 0.3 is 0 Å². The molecule has 3 atom stereocenters. The lowest BCUT2D eigenvalue weighted by molar-refractivity contribution is 0.0992. The quantitative estimate of drug-likeness (QED) is 0.671. The van der Waals surface area contributed by atoms with Crippen LogP contribution >= 0.6 is 0 Å². The SMILES string of the molecule is CCNC(=NCc1ccc2ccccc2c1)NC1CC2CCC1O2. The minimum atomic E-state index is 0.361. The van der Waals surface area contributed by atoms with Gasteiger partial charge < -0.3 is 15.4 Å². The Hall–Kier alpha value is -2.07. The van der Waals surface area contributed by atoms with Gasteiger partial charge in [0.15, 0.2) is 5.96 Å². The molecule has 2 N–H and O–H groups in total. The number of rotatable bonds is 4. The molecule has 4 nitrogen and oxygen atoms in total. The molecule has 2 fully saturated rings. The smallest absolute Gasteiger partial charge is 0.191 e. The number of ether oxygens (including phenoxy) is 1. The van der Waals surface area contributed by atoms with Crippen LogP contribution in [0.15, 0.2) is 47.5 Å². The largest absolute Gasteiger partial charge is 0.373 e. The number of benzene rings is 2. The molecule has 3 unspecified atom stereocenters. The summed E-state index contributed by atoms with van der Waals surface area (Å²) in [5, 5.41) is 9.47. The van der Waals surface area contributed by atoms with Crippen LogP contribution in [0.4, 0.5) is 0 Å². The summed E-state index contributed by atoms with van der Waals surface area (Å²) in [4.78, 5) is 4.78. The lowest BCUT2D eigenvalue weighted by atomic mass is 9.96. The third-order valence-electron chi connectivity index (χ3n) is 5.01. The Balaban J connectivity index is 1.45. The second-order valence-electron chi connectivity index (χ2n) is 6.74. The average molecular weight is 323 g/mol. The predicted octanol–water partition coefficient (Wildman–Crippen LogP) is 3.21. The van der Waals surface area contributed by atoms with Crippen LogP contribution in [0.2, 0.25) is 0 Å². The zero-order valence-electron chi connectivity index (χ0n) is 14.2. The molecule has 2 bridgehead atoms. The van der Waals surface area contributed by atoms with Crippen molar-refractivity contribution in [2.75, 3.05) is 6.54 Å². The second kappa shape index (κ2) is 6.81. The topological polar surface area (TPSA) is 45.7 Å². The normalized spacial score (nSPS) is 26.0. The number of fused-ring (bicyclic) bond motifs is 3. The molecule has 4 heteroatoms. The van der Waals surface area contributed by atoms with Crippen molar-refractivity contribution in [3.8, 4) is 0 Å². The molecule has 0 spiro atoms. The van der Waals surface area contributed by atoms with Gasteiger partial charge in [-0.2, -0.15) is 0 Å². The minimum Gasteiger partial charge on any atom is -0.373 e. The number of nitrogens with one attached hydrogen (secondary N) is 2. The Morgan fingerprint density at radius 2 is 2.04 bits per heavy atom. The fourth-order valence-corrected chi connectivity index (χ4v) is 3.79. The van der Waals surface area contributed by atoms with Crippen LogP contribution in [-0.2, 0) is 11.3 Å². The Labute approximate surface area is 143 Å². The first kappa shape index (κ1) is 15.5. The van der Waals surface area contributed by atoms with E-state index in [2.05, 4.69) is 60.0 Å². The van der Waals surface area contributed by atoms with E-state index in [1.165, 1.54) is 29.2 Å². The number of hydrogen-bond donors (Lipinski definition) is 2. The zero-order chi connectivity index (χ0) is 16.4. The highest BCUT2D eigenvalue weighted by atomic mass is 16.5.